The van der Waals surface area contributed by atoms with Crippen LogP contribution in [0.2, 0.25) is 0 Å². The van der Waals surface area contributed by atoms with Crippen LogP contribution < -0.4 is 5.32 Å². The third-order valence-corrected chi connectivity index (χ3v) is 3.73. The molecule has 0 radical (unpaired) electrons. The second-order valence-electron chi connectivity index (χ2n) is 5.95. The molecule has 0 unspecified atom stereocenters. The molecule has 24 heavy (non-hydrogen) atoms. The molecule has 0 saturated heterocycles. The van der Waals surface area contributed by atoms with Gasteiger partial charge in [0.25, 0.3) is 5.91 Å². The van der Waals surface area contributed by atoms with Crippen molar-refractivity contribution in [2.24, 2.45) is 0 Å². The van der Waals surface area contributed by atoms with E-state index in [1.165, 1.54) is 12.0 Å². The van der Waals surface area contributed by atoms with Crippen LogP contribution in [0.15, 0.2) is 36.0 Å². The molecule has 1 amide bonds. The number of aryl methyl sites for hydroxylation is 1. The molecule has 0 saturated carbocycles. The molecule has 0 bridgehead atoms. The van der Waals surface area contributed by atoms with Gasteiger partial charge in [-0.1, -0.05) is 39.3 Å². The number of benzene rings is 1. The maximum atomic E-state index is 12.3. The summed E-state index contributed by atoms with van der Waals surface area (Å²) < 4.78 is 0. The summed E-state index contributed by atoms with van der Waals surface area (Å²) in [5.74, 6) is -0.351. The topological polar surface area (TPSA) is 56.1 Å². The molecule has 0 spiro atoms. The van der Waals surface area contributed by atoms with E-state index in [-0.39, 0.29) is 11.5 Å². The smallest absolute Gasteiger partial charge is 0.267 e. The molecule has 0 aliphatic rings. The molecule has 1 aromatic rings. The third-order valence-electron chi connectivity index (χ3n) is 3.73. The lowest BCUT2D eigenvalue weighted by Gasteiger charge is -2.19. The number of carbonyl (C=O) groups excluding carboxylic acids is 1. The monoisotopic (exact) mass is 327 g/mol. The second-order valence-corrected chi connectivity index (χ2v) is 5.95. The molecule has 0 fully saturated rings. The van der Waals surface area contributed by atoms with Crippen LogP contribution in [0.5, 0.6) is 0 Å². The molecule has 130 valence electrons. The Morgan fingerprint density at radius 1 is 1.12 bits per heavy atom. The number of anilines is 1. The minimum atomic E-state index is -0.351. The summed E-state index contributed by atoms with van der Waals surface area (Å²) in [5, 5.41) is 12.1. The van der Waals surface area contributed by atoms with E-state index in [9.17, 15) is 10.1 Å². The molecular weight excluding hydrogens is 298 g/mol. The van der Waals surface area contributed by atoms with Gasteiger partial charge in [-0.2, -0.15) is 5.26 Å². The first kappa shape index (κ1) is 19.8. The Kier molecular flexibility index (Phi) is 9.29. The largest absolute Gasteiger partial charge is 0.376 e. The van der Waals surface area contributed by atoms with E-state index in [2.05, 4.69) is 26.1 Å². The maximum absolute atomic E-state index is 12.3. The molecular formula is C20H29N3O. The van der Waals surface area contributed by atoms with Gasteiger partial charge in [-0.05, 0) is 43.4 Å². The Bertz CT molecular complexity index is 564. The average Bonchev–Trinajstić information content (AvgIpc) is 2.59. The predicted octanol–water partition coefficient (Wildman–Crippen LogP) is 4.50. The zero-order valence-electron chi connectivity index (χ0n) is 15.1. The standard InChI is InChI=1S/C20H29N3O/c1-4-7-8-17-9-11-19(12-10-17)22-20(24)18(15-21)16-23(13-5-2)14-6-3/h9-12,16H,4-8,13-14H2,1-3H3,(H,22,24)/b18-16-. The highest BCUT2D eigenvalue weighted by atomic mass is 16.1. The van der Waals surface area contributed by atoms with Crippen molar-refractivity contribution >= 4 is 11.6 Å². The van der Waals surface area contributed by atoms with Gasteiger partial charge in [-0.15, -0.1) is 0 Å². The summed E-state index contributed by atoms with van der Waals surface area (Å²) in [5.41, 5.74) is 2.13. The molecule has 1 rings (SSSR count). The van der Waals surface area contributed by atoms with Gasteiger partial charge in [-0.25, -0.2) is 0 Å². The SMILES string of the molecule is CCCCc1ccc(NC(=O)/C(C#N)=C\N(CCC)CCC)cc1. The highest BCUT2D eigenvalue weighted by molar-refractivity contribution is 6.06. The first-order valence-electron chi connectivity index (χ1n) is 8.90. The van der Waals surface area contributed by atoms with Gasteiger partial charge in [0, 0.05) is 25.0 Å². The van der Waals surface area contributed by atoms with E-state index in [1.807, 2.05) is 35.2 Å². The fourth-order valence-corrected chi connectivity index (χ4v) is 2.47. The van der Waals surface area contributed by atoms with Crippen molar-refractivity contribution in [2.75, 3.05) is 18.4 Å². The van der Waals surface area contributed by atoms with Crippen LogP contribution in [-0.2, 0) is 11.2 Å². The minimum absolute atomic E-state index is 0.145. The Labute approximate surface area is 146 Å². The number of nitriles is 1. The van der Waals surface area contributed by atoms with Crippen molar-refractivity contribution < 1.29 is 4.79 Å². The average molecular weight is 327 g/mol. The van der Waals surface area contributed by atoms with E-state index in [0.717, 1.165) is 44.5 Å². The summed E-state index contributed by atoms with van der Waals surface area (Å²) in [7, 11) is 0. The third kappa shape index (κ3) is 6.87. The van der Waals surface area contributed by atoms with Gasteiger partial charge in [0.15, 0.2) is 0 Å². The van der Waals surface area contributed by atoms with E-state index < -0.39 is 0 Å². The van der Waals surface area contributed by atoms with Gasteiger partial charge >= 0.3 is 0 Å². The summed E-state index contributed by atoms with van der Waals surface area (Å²) in [4.78, 5) is 14.3. The van der Waals surface area contributed by atoms with Crippen LogP contribution in [0.1, 0.15) is 52.0 Å². The summed E-state index contributed by atoms with van der Waals surface area (Å²) in [6.45, 7) is 8.03. The number of nitrogens with zero attached hydrogens (tertiary/aromatic N) is 2. The zero-order valence-corrected chi connectivity index (χ0v) is 15.1. The van der Waals surface area contributed by atoms with E-state index in [0.29, 0.717) is 0 Å². The number of hydrogen-bond donors (Lipinski definition) is 1. The molecule has 0 heterocycles. The molecule has 1 aromatic carbocycles. The highest BCUT2D eigenvalue weighted by Crippen LogP contribution is 2.13. The lowest BCUT2D eigenvalue weighted by molar-refractivity contribution is -0.112. The quantitative estimate of drug-likeness (QED) is 0.508. The van der Waals surface area contributed by atoms with Crippen molar-refractivity contribution in [2.45, 2.75) is 52.9 Å². The van der Waals surface area contributed by atoms with E-state index in [4.69, 9.17) is 0 Å². The molecule has 0 aromatic heterocycles. The first-order valence-corrected chi connectivity index (χ1v) is 8.90. The zero-order chi connectivity index (χ0) is 17.8. The number of unbranched alkanes of at least 4 members (excludes halogenated alkanes) is 1. The summed E-state index contributed by atoms with van der Waals surface area (Å²) in [6.07, 6.45) is 7.03. The Balaban J connectivity index is 2.74. The molecule has 0 atom stereocenters. The van der Waals surface area contributed by atoms with Crippen LogP contribution in [-0.4, -0.2) is 23.9 Å². The van der Waals surface area contributed by atoms with Crippen LogP contribution >= 0.6 is 0 Å². The van der Waals surface area contributed by atoms with Gasteiger partial charge in [0.1, 0.15) is 11.6 Å². The van der Waals surface area contributed by atoms with Gasteiger partial charge < -0.3 is 10.2 Å². The Morgan fingerprint density at radius 2 is 1.75 bits per heavy atom. The first-order chi connectivity index (χ1) is 11.6. The fraction of sp³-hybridized carbons (Fsp3) is 0.500. The summed E-state index contributed by atoms with van der Waals surface area (Å²) >= 11 is 0. The van der Waals surface area contributed by atoms with Crippen LogP contribution in [0.3, 0.4) is 0 Å². The van der Waals surface area contributed by atoms with Crippen LogP contribution in [0.25, 0.3) is 0 Å². The normalized spacial score (nSPS) is 11.0. The van der Waals surface area contributed by atoms with Crippen molar-refractivity contribution in [3.05, 3.63) is 41.6 Å². The molecule has 1 N–H and O–H groups in total. The van der Waals surface area contributed by atoms with Crippen LogP contribution in [0.4, 0.5) is 5.69 Å². The maximum Gasteiger partial charge on any atom is 0.267 e. The number of carbonyl (C=O) groups is 1. The van der Waals surface area contributed by atoms with E-state index >= 15 is 0 Å². The van der Waals surface area contributed by atoms with Crippen molar-refractivity contribution in [3.8, 4) is 6.07 Å². The number of nitrogens with one attached hydrogen (secondary N) is 1. The van der Waals surface area contributed by atoms with Gasteiger partial charge in [0.2, 0.25) is 0 Å². The number of rotatable bonds is 10. The van der Waals surface area contributed by atoms with Crippen molar-refractivity contribution in [3.63, 3.8) is 0 Å². The van der Waals surface area contributed by atoms with Gasteiger partial charge in [0.05, 0.1) is 0 Å². The molecule has 4 nitrogen and oxygen atoms in total. The molecule has 0 aliphatic carbocycles. The number of hydrogen-bond acceptors (Lipinski definition) is 3. The Hall–Kier alpha value is -2.28. The lowest BCUT2D eigenvalue weighted by Crippen LogP contribution is -2.22. The summed E-state index contributed by atoms with van der Waals surface area (Å²) in [6, 6.07) is 9.87. The lowest BCUT2D eigenvalue weighted by atomic mass is 10.1. The minimum Gasteiger partial charge on any atom is -0.376 e. The fourth-order valence-electron chi connectivity index (χ4n) is 2.47. The van der Waals surface area contributed by atoms with E-state index in [1.54, 1.807) is 6.20 Å². The van der Waals surface area contributed by atoms with Crippen molar-refractivity contribution in [1.29, 1.82) is 5.26 Å². The molecule has 0 aliphatic heterocycles. The predicted molar refractivity (Wildman–Crippen MR) is 99.5 cm³/mol. The number of amides is 1. The Morgan fingerprint density at radius 3 is 2.25 bits per heavy atom. The van der Waals surface area contributed by atoms with Crippen LogP contribution in [0, 0.1) is 11.3 Å². The van der Waals surface area contributed by atoms with Gasteiger partial charge in [-0.3, -0.25) is 4.79 Å². The molecule has 4 heteroatoms. The highest BCUT2D eigenvalue weighted by Gasteiger charge is 2.11. The second kappa shape index (κ2) is 11.3. The van der Waals surface area contributed by atoms with Crippen molar-refractivity contribution in [1.82, 2.24) is 4.90 Å².